The van der Waals surface area contributed by atoms with Gasteiger partial charge in [-0.25, -0.2) is 22.9 Å². The molecule has 4 aromatic rings. The van der Waals surface area contributed by atoms with Crippen LogP contribution in [0.4, 0.5) is 13.2 Å². The first-order valence-corrected chi connectivity index (χ1v) is 8.19. The summed E-state index contributed by atoms with van der Waals surface area (Å²) in [6.07, 6.45) is 1.55. The Morgan fingerprint density at radius 1 is 1.00 bits per heavy atom. The summed E-state index contributed by atoms with van der Waals surface area (Å²) in [7, 11) is 0. The number of benzene rings is 2. The van der Waals surface area contributed by atoms with Crippen molar-refractivity contribution in [2.45, 2.75) is 13.0 Å². The second kappa shape index (κ2) is 7.18. The maximum absolute atomic E-state index is 13.4. The molecular formula is C19H12F3N3O3. The summed E-state index contributed by atoms with van der Waals surface area (Å²) in [4.78, 5) is 16.2. The molecule has 0 aliphatic carbocycles. The summed E-state index contributed by atoms with van der Waals surface area (Å²) < 4.78 is 50.7. The lowest BCUT2D eigenvalue weighted by Crippen LogP contribution is -2.18. The van der Waals surface area contributed by atoms with Gasteiger partial charge in [-0.1, -0.05) is 17.3 Å². The Morgan fingerprint density at radius 3 is 2.54 bits per heavy atom. The molecule has 0 radical (unpaired) electrons. The normalized spacial score (nSPS) is 11.1. The van der Waals surface area contributed by atoms with Crippen molar-refractivity contribution in [3.05, 3.63) is 93.8 Å². The molecule has 28 heavy (non-hydrogen) atoms. The van der Waals surface area contributed by atoms with Gasteiger partial charge >= 0.3 is 5.76 Å². The van der Waals surface area contributed by atoms with Crippen molar-refractivity contribution in [1.82, 2.24) is 14.7 Å². The van der Waals surface area contributed by atoms with E-state index in [1.165, 1.54) is 29.0 Å². The third kappa shape index (κ3) is 3.59. The van der Waals surface area contributed by atoms with Crippen molar-refractivity contribution in [3.8, 4) is 11.5 Å². The maximum atomic E-state index is 13.4. The summed E-state index contributed by atoms with van der Waals surface area (Å²) in [5.74, 6) is -2.64. The van der Waals surface area contributed by atoms with E-state index in [2.05, 4.69) is 10.1 Å². The highest BCUT2D eigenvalue weighted by Crippen LogP contribution is 2.21. The number of halogens is 3. The lowest BCUT2D eigenvalue weighted by atomic mass is 10.1. The smallest absolute Gasteiger partial charge is 0.441 e. The van der Waals surface area contributed by atoms with E-state index in [1.54, 1.807) is 12.1 Å². The number of oxazole rings is 1. The number of hydrogen-bond acceptors (Lipinski definition) is 5. The van der Waals surface area contributed by atoms with Crippen LogP contribution in [0.3, 0.4) is 0 Å². The van der Waals surface area contributed by atoms with Gasteiger partial charge in [0.1, 0.15) is 12.1 Å². The summed E-state index contributed by atoms with van der Waals surface area (Å²) in [6.45, 7) is 0.00599. The Balaban J connectivity index is 1.57. The van der Waals surface area contributed by atoms with E-state index in [1.807, 2.05) is 0 Å². The molecule has 9 heteroatoms. The summed E-state index contributed by atoms with van der Waals surface area (Å²) in [5.41, 5.74) is 1.37. The minimum atomic E-state index is -1.02. The van der Waals surface area contributed by atoms with Gasteiger partial charge in [-0.15, -0.1) is 0 Å². The first kappa shape index (κ1) is 17.8. The van der Waals surface area contributed by atoms with Crippen LogP contribution < -0.4 is 5.76 Å². The van der Waals surface area contributed by atoms with Crippen LogP contribution in [0.1, 0.15) is 17.1 Å². The first-order valence-electron chi connectivity index (χ1n) is 8.19. The van der Waals surface area contributed by atoms with Gasteiger partial charge in [-0.05, 0) is 35.9 Å². The summed E-state index contributed by atoms with van der Waals surface area (Å²) in [5, 5.41) is 3.75. The van der Waals surface area contributed by atoms with Crippen LogP contribution in [0.15, 0.2) is 62.5 Å². The van der Waals surface area contributed by atoms with Gasteiger partial charge < -0.3 is 4.42 Å². The van der Waals surface area contributed by atoms with E-state index in [0.717, 1.165) is 17.7 Å². The van der Waals surface area contributed by atoms with Crippen molar-refractivity contribution in [2.75, 3.05) is 0 Å². The minimum absolute atomic E-state index is 0.00599. The van der Waals surface area contributed by atoms with Gasteiger partial charge in [0.05, 0.1) is 12.2 Å². The van der Waals surface area contributed by atoms with Crippen LogP contribution >= 0.6 is 0 Å². The van der Waals surface area contributed by atoms with Gasteiger partial charge in [0, 0.05) is 12.0 Å². The van der Waals surface area contributed by atoms with E-state index in [-0.39, 0.29) is 30.2 Å². The third-order valence-electron chi connectivity index (χ3n) is 4.07. The van der Waals surface area contributed by atoms with Crippen molar-refractivity contribution >= 4 is 0 Å². The quantitative estimate of drug-likeness (QED) is 0.524. The van der Waals surface area contributed by atoms with E-state index in [9.17, 15) is 18.0 Å². The van der Waals surface area contributed by atoms with Crippen molar-refractivity contribution in [2.24, 2.45) is 0 Å². The third-order valence-corrected chi connectivity index (χ3v) is 4.07. The molecule has 2 heterocycles. The van der Waals surface area contributed by atoms with Crippen LogP contribution in [0.25, 0.3) is 11.5 Å². The summed E-state index contributed by atoms with van der Waals surface area (Å²) >= 11 is 0. The average Bonchev–Trinajstić information content (AvgIpc) is 3.28. The van der Waals surface area contributed by atoms with Crippen LogP contribution in [-0.4, -0.2) is 14.7 Å². The topological polar surface area (TPSA) is 74.1 Å². The molecule has 0 atom stereocenters. The molecule has 0 aliphatic heterocycles. The zero-order valence-electron chi connectivity index (χ0n) is 14.2. The van der Waals surface area contributed by atoms with Crippen molar-refractivity contribution < 1.29 is 22.1 Å². The number of nitrogens with zero attached hydrogens (tertiary/aromatic N) is 3. The largest absolute Gasteiger partial charge is 0.444 e. The fourth-order valence-corrected chi connectivity index (χ4v) is 2.67. The molecule has 0 spiro atoms. The second-order valence-electron chi connectivity index (χ2n) is 6.03. The van der Waals surface area contributed by atoms with Gasteiger partial charge in [0.25, 0.3) is 0 Å². The highest BCUT2D eigenvalue weighted by Gasteiger charge is 2.15. The highest BCUT2D eigenvalue weighted by molar-refractivity contribution is 5.53. The zero-order chi connectivity index (χ0) is 19.7. The SMILES string of the molecule is O=c1onc(Cc2ccc(F)cc2)n1Cc1coc(-c2ccc(F)c(F)c2)n1. The molecule has 0 amide bonds. The van der Waals surface area contributed by atoms with E-state index in [4.69, 9.17) is 8.94 Å². The molecule has 0 bridgehead atoms. The lowest BCUT2D eigenvalue weighted by molar-refractivity contribution is 0.375. The molecule has 0 unspecified atom stereocenters. The Kier molecular flexibility index (Phi) is 4.56. The Bertz CT molecular complexity index is 1180. The minimum Gasteiger partial charge on any atom is -0.444 e. The molecule has 0 fully saturated rings. The van der Waals surface area contributed by atoms with Gasteiger partial charge in [0.2, 0.25) is 5.89 Å². The molecule has 0 aliphatic rings. The molecule has 142 valence electrons. The van der Waals surface area contributed by atoms with Gasteiger partial charge in [-0.3, -0.25) is 9.09 Å². The number of hydrogen-bond donors (Lipinski definition) is 0. The van der Waals surface area contributed by atoms with E-state index < -0.39 is 17.4 Å². The van der Waals surface area contributed by atoms with Crippen LogP contribution in [-0.2, 0) is 13.0 Å². The predicted octanol–water partition coefficient (Wildman–Crippen LogP) is 3.55. The first-order chi connectivity index (χ1) is 13.5. The van der Waals surface area contributed by atoms with Crippen molar-refractivity contribution in [3.63, 3.8) is 0 Å². The Hall–Kier alpha value is -3.62. The van der Waals surface area contributed by atoms with Crippen LogP contribution in [0, 0.1) is 17.5 Å². The van der Waals surface area contributed by atoms with Crippen LogP contribution in [0.5, 0.6) is 0 Å². The Labute approximate surface area is 155 Å². The Morgan fingerprint density at radius 2 is 1.79 bits per heavy atom. The molecule has 0 saturated carbocycles. The molecule has 4 rings (SSSR count). The predicted molar refractivity (Wildman–Crippen MR) is 90.9 cm³/mol. The van der Waals surface area contributed by atoms with E-state index >= 15 is 0 Å². The standard InChI is InChI=1S/C19H12F3N3O3/c20-13-4-1-11(2-5-13)7-17-24-28-19(26)25(17)9-14-10-27-18(23-14)12-3-6-15(21)16(22)8-12/h1-6,8,10H,7,9H2. The van der Waals surface area contributed by atoms with Crippen LogP contribution in [0.2, 0.25) is 0 Å². The maximum Gasteiger partial charge on any atom is 0.441 e. The fraction of sp³-hybridized carbons (Fsp3) is 0.105. The molecule has 2 aromatic carbocycles. The lowest BCUT2D eigenvalue weighted by Gasteiger charge is -2.02. The van der Waals surface area contributed by atoms with Gasteiger partial charge in [0.15, 0.2) is 17.5 Å². The zero-order valence-corrected chi connectivity index (χ0v) is 14.2. The second-order valence-corrected chi connectivity index (χ2v) is 6.03. The fourth-order valence-electron chi connectivity index (χ4n) is 2.67. The van der Waals surface area contributed by atoms with Gasteiger partial charge in [-0.2, -0.15) is 0 Å². The monoisotopic (exact) mass is 387 g/mol. The average molecular weight is 387 g/mol. The summed E-state index contributed by atoms with van der Waals surface area (Å²) in [6, 6.07) is 9.05. The number of rotatable bonds is 5. The molecular weight excluding hydrogens is 375 g/mol. The molecule has 0 N–H and O–H groups in total. The highest BCUT2D eigenvalue weighted by atomic mass is 19.2. The molecule has 6 nitrogen and oxygen atoms in total. The van der Waals surface area contributed by atoms with E-state index in [0.29, 0.717) is 11.5 Å². The molecule has 2 aromatic heterocycles. The molecule has 0 saturated heterocycles. The number of aromatic nitrogens is 3. The van der Waals surface area contributed by atoms with Crippen molar-refractivity contribution in [1.29, 1.82) is 0 Å².